The third kappa shape index (κ3) is 6.12. The number of aromatic nitrogens is 3. The SMILES string of the molecule is c1ccc([Si]2(c3ccccc3)c3ccccc3N(c3nc(-c4cccc5c4sc4ccccc45)nc(N4c5ccccc5[Si](c5ccccc5)(c5ccccc5)c5ccccc54)n3)c3ccccc32)cc1. The summed E-state index contributed by atoms with van der Waals surface area (Å²) < 4.78 is 2.38. The van der Waals surface area contributed by atoms with Crippen molar-refractivity contribution in [3.63, 3.8) is 0 Å². The van der Waals surface area contributed by atoms with Gasteiger partial charge in [0.15, 0.2) is 22.0 Å². The van der Waals surface area contributed by atoms with Crippen LogP contribution in [0.1, 0.15) is 0 Å². The van der Waals surface area contributed by atoms with Gasteiger partial charge in [-0.05, 0) is 77.9 Å². The highest BCUT2D eigenvalue weighted by atomic mass is 32.1. The number of hydrogen-bond acceptors (Lipinski definition) is 6. The van der Waals surface area contributed by atoms with Crippen LogP contribution in [0.3, 0.4) is 0 Å². The molecule has 0 radical (unpaired) electrons. The van der Waals surface area contributed by atoms with E-state index in [0.29, 0.717) is 17.7 Å². The van der Waals surface area contributed by atoms with Crippen molar-refractivity contribution < 1.29 is 0 Å². The van der Waals surface area contributed by atoms with Gasteiger partial charge in [-0.15, -0.1) is 11.3 Å². The normalized spacial score (nSPS) is 14.1. The minimum absolute atomic E-state index is 0.557. The fourth-order valence-electron chi connectivity index (χ4n) is 11.9. The average molecular weight is 958 g/mol. The molecule has 71 heavy (non-hydrogen) atoms. The minimum Gasteiger partial charge on any atom is -0.279 e. The number of hydrogen-bond donors (Lipinski definition) is 0. The number of fused-ring (bicyclic) bond motifs is 7. The lowest BCUT2D eigenvalue weighted by molar-refractivity contribution is 0.992. The lowest BCUT2D eigenvalue weighted by Gasteiger charge is -2.45. The first-order valence-electron chi connectivity index (χ1n) is 24.1. The summed E-state index contributed by atoms with van der Waals surface area (Å²) in [6.07, 6.45) is 0. The smallest absolute Gasteiger partial charge is 0.240 e. The highest BCUT2D eigenvalue weighted by Crippen LogP contribution is 2.44. The van der Waals surface area contributed by atoms with Crippen LogP contribution in [0.5, 0.6) is 0 Å². The topological polar surface area (TPSA) is 45.2 Å². The molecule has 4 heterocycles. The third-order valence-electron chi connectivity index (χ3n) is 14.7. The Morgan fingerprint density at radius 3 is 1.04 bits per heavy atom. The summed E-state index contributed by atoms with van der Waals surface area (Å²) in [6.45, 7) is 0. The van der Waals surface area contributed by atoms with Gasteiger partial charge in [-0.2, -0.15) is 15.0 Å². The molecule has 8 heteroatoms. The zero-order valence-corrected chi connectivity index (χ0v) is 41.3. The first kappa shape index (κ1) is 41.4. The molecule has 12 aromatic rings. The van der Waals surface area contributed by atoms with Crippen molar-refractivity contribution in [3.05, 3.63) is 261 Å². The number of benzene rings is 10. The standard InChI is InChI=1S/C63H43N5SSi2/c1-5-24-44(25-6-1)70(45-26-7-2-8-27-45)56-40-19-14-35-51(56)67(52-36-15-20-41-57(52)70)62-64-61(50-34-23-33-49-48-32-13-18-39-55(48)69-60(49)50)65-63(66-62)68-53-37-16-21-42-58(53)71(46-28-9-3-10-29-46,47-30-11-4-12-31-47)59-43-22-17-38-54(59)68/h1-43H. The maximum atomic E-state index is 5.77. The van der Waals surface area contributed by atoms with Gasteiger partial charge < -0.3 is 0 Å². The quantitative estimate of drug-likeness (QED) is 0.149. The van der Waals surface area contributed by atoms with Crippen molar-refractivity contribution in [1.82, 2.24) is 15.0 Å². The Bertz CT molecular complexity index is 3600. The first-order valence-corrected chi connectivity index (χ1v) is 28.9. The van der Waals surface area contributed by atoms with E-state index in [2.05, 4.69) is 271 Å². The van der Waals surface area contributed by atoms with Crippen molar-refractivity contribution in [2.45, 2.75) is 0 Å². The van der Waals surface area contributed by atoms with Crippen LogP contribution in [0.2, 0.25) is 0 Å². The highest BCUT2D eigenvalue weighted by Gasteiger charge is 2.51. The molecule has 0 aliphatic carbocycles. The molecule has 0 unspecified atom stereocenters. The predicted octanol–water partition coefficient (Wildman–Crippen LogP) is 10.2. The Balaban J connectivity index is 1.08. The molecule has 2 aliphatic heterocycles. The number of anilines is 6. The molecule has 334 valence electrons. The summed E-state index contributed by atoms with van der Waals surface area (Å²) in [5, 5.41) is 12.8. The summed E-state index contributed by atoms with van der Waals surface area (Å²) in [6, 6.07) is 95.7. The van der Waals surface area contributed by atoms with Crippen molar-refractivity contribution >= 4 is 124 Å². The van der Waals surface area contributed by atoms with E-state index in [4.69, 9.17) is 15.0 Å². The largest absolute Gasteiger partial charge is 0.279 e. The molecule has 0 saturated carbocycles. The maximum Gasteiger partial charge on any atom is 0.240 e. The van der Waals surface area contributed by atoms with Gasteiger partial charge in [0.1, 0.15) is 0 Å². The Kier molecular flexibility index (Phi) is 9.67. The number of thiophene rings is 1. The monoisotopic (exact) mass is 957 g/mol. The van der Waals surface area contributed by atoms with Gasteiger partial charge >= 0.3 is 0 Å². The number of nitrogens with zero attached hydrogens (tertiary/aromatic N) is 5. The van der Waals surface area contributed by atoms with Crippen LogP contribution in [-0.2, 0) is 0 Å². The second-order valence-corrected chi connectivity index (χ2v) is 26.8. The average Bonchev–Trinajstić information content (AvgIpc) is 3.84. The summed E-state index contributed by atoms with van der Waals surface area (Å²) in [7, 11) is -5.84. The summed E-state index contributed by atoms with van der Waals surface area (Å²) >= 11 is 1.79. The molecule has 2 aromatic heterocycles. The number of para-hydroxylation sites is 4. The lowest BCUT2D eigenvalue weighted by Crippen LogP contribution is -2.77. The van der Waals surface area contributed by atoms with E-state index in [1.54, 1.807) is 11.3 Å². The van der Waals surface area contributed by atoms with Crippen LogP contribution >= 0.6 is 11.3 Å². The molecule has 0 fully saturated rings. The van der Waals surface area contributed by atoms with Gasteiger partial charge in [0.2, 0.25) is 11.9 Å². The van der Waals surface area contributed by atoms with Crippen LogP contribution in [0.4, 0.5) is 34.6 Å². The van der Waals surface area contributed by atoms with Crippen molar-refractivity contribution in [3.8, 4) is 11.4 Å². The van der Waals surface area contributed by atoms with Gasteiger partial charge in [-0.3, -0.25) is 9.80 Å². The minimum atomic E-state index is -2.92. The van der Waals surface area contributed by atoms with E-state index in [-0.39, 0.29) is 0 Å². The Morgan fingerprint density at radius 1 is 0.296 bits per heavy atom. The molecule has 14 rings (SSSR count). The lowest BCUT2D eigenvalue weighted by atomic mass is 10.1. The van der Waals surface area contributed by atoms with Crippen LogP contribution in [0.15, 0.2) is 261 Å². The zero-order chi connectivity index (χ0) is 46.9. The molecule has 5 nitrogen and oxygen atoms in total. The van der Waals surface area contributed by atoms with Gasteiger partial charge in [0.05, 0.1) is 0 Å². The van der Waals surface area contributed by atoms with E-state index < -0.39 is 16.1 Å². The molecule has 2 aliphatic rings. The molecule has 0 bridgehead atoms. The van der Waals surface area contributed by atoms with E-state index >= 15 is 0 Å². The predicted molar refractivity (Wildman–Crippen MR) is 302 cm³/mol. The van der Waals surface area contributed by atoms with Gasteiger partial charge in [-0.25, -0.2) is 0 Å². The van der Waals surface area contributed by atoms with Gasteiger partial charge in [0, 0.05) is 48.5 Å². The van der Waals surface area contributed by atoms with E-state index in [0.717, 1.165) is 33.0 Å². The molecule has 0 spiro atoms. The van der Waals surface area contributed by atoms with Crippen molar-refractivity contribution in [2.24, 2.45) is 0 Å². The highest BCUT2D eigenvalue weighted by molar-refractivity contribution is 7.26. The van der Waals surface area contributed by atoms with Crippen LogP contribution in [-0.4, -0.2) is 31.1 Å². The van der Waals surface area contributed by atoms with E-state index in [1.807, 2.05) is 0 Å². The second kappa shape index (κ2) is 16.6. The summed E-state index contributed by atoms with van der Waals surface area (Å²) in [5.41, 5.74) is 5.22. The fraction of sp³-hybridized carbons (Fsp3) is 0. The Morgan fingerprint density at radius 2 is 0.634 bits per heavy atom. The van der Waals surface area contributed by atoms with Crippen molar-refractivity contribution in [1.29, 1.82) is 0 Å². The molecule has 0 amide bonds. The molecular weight excluding hydrogens is 915 g/mol. The molecule has 0 N–H and O–H groups in total. The van der Waals surface area contributed by atoms with Crippen LogP contribution in [0, 0.1) is 0 Å². The Labute approximate surface area is 418 Å². The second-order valence-electron chi connectivity index (χ2n) is 18.2. The summed E-state index contributed by atoms with van der Waals surface area (Å²) in [4.78, 5) is 21.8. The number of rotatable bonds is 7. The fourth-order valence-corrected chi connectivity index (χ4v) is 23.3. The van der Waals surface area contributed by atoms with Crippen LogP contribution in [0.25, 0.3) is 31.6 Å². The maximum absolute atomic E-state index is 5.77. The molecule has 0 atom stereocenters. The molecule has 0 saturated heterocycles. The molecular formula is C63H43N5SSi2. The van der Waals surface area contributed by atoms with Crippen molar-refractivity contribution in [2.75, 3.05) is 9.80 Å². The van der Waals surface area contributed by atoms with Gasteiger partial charge in [0.25, 0.3) is 0 Å². The zero-order valence-electron chi connectivity index (χ0n) is 38.5. The van der Waals surface area contributed by atoms with Gasteiger partial charge in [-0.1, -0.05) is 224 Å². The summed E-state index contributed by atoms with van der Waals surface area (Å²) in [5.74, 6) is 1.73. The van der Waals surface area contributed by atoms with E-state index in [1.165, 1.54) is 57.0 Å². The first-order chi connectivity index (χ1) is 35.2. The van der Waals surface area contributed by atoms with Crippen LogP contribution < -0.4 is 51.3 Å². The third-order valence-corrected chi connectivity index (χ3v) is 25.6. The molecule has 10 aromatic carbocycles. The van der Waals surface area contributed by atoms with E-state index in [9.17, 15) is 0 Å². The Hall–Kier alpha value is -8.54.